The Labute approximate surface area is 81.1 Å². The van der Waals surface area contributed by atoms with Gasteiger partial charge in [-0.05, 0) is 37.1 Å². The van der Waals surface area contributed by atoms with Crippen molar-refractivity contribution in [3.63, 3.8) is 0 Å². The van der Waals surface area contributed by atoms with Crippen molar-refractivity contribution >= 4 is 16.7 Å². The van der Waals surface area contributed by atoms with Gasteiger partial charge in [-0.2, -0.15) is 0 Å². The summed E-state index contributed by atoms with van der Waals surface area (Å²) in [5.74, 6) is 0. The molecular formula is C11H11NO2. The van der Waals surface area contributed by atoms with Crippen molar-refractivity contribution in [2.24, 2.45) is 0 Å². The molecule has 2 N–H and O–H groups in total. The molecule has 1 heterocycles. The lowest BCUT2D eigenvalue weighted by atomic mass is 10.1. The molecule has 0 aliphatic heterocycles. The van der Waals surface area contributed by atoms with Crippen molar-refractivity contribution in [2.75, 3.05) is 5.73 Å². The van der Waals surface area contributed by atoms with Crippen LogP contribution in [0.2, 0.25) is 0 Å². The zero-order valence-corrected chi connectivity index (χ0v) is 8.13. The van der Waals surface area contributed by atoms with Crippen molar-refractivity contribution in [1.29, 1.82) is 0 Å². The minimum Gasteiger partial charge on any atom is -0.462 e. The van der Waals surface area contributed by atoms with Gasteiger partial charge in [-0.15, -0.1) is 0 Å². The van der Waals surface area contributed by atoms with Gasteiger partial charge in [0, 0.05) is 0 Å². The number of nitrogen functional groups attached to an aromatic ring is 1. The molecule has 3 nitrogen and oxygen atoms in total. The van der Waals surface area contributed by atoms with Crippen LogP contribution in [0.25, 0.3) is 11.0 Å². The Balaban J connectivity index is 2.97. The summed E-state index contributed by atoms with van der Waals surface area (Å²) in [5, 5.41) is 0.549. The second-order valence-electron chi connectivity index (χ2n) is 3.45. The molecule has 0 saturated carbocycles. The van der Waals surface area contributed by atoms with Crippen molar-refractivity contribution < 1.29 is 4.42 Å². The number of hydrogen-bond donors (Lipinski definition) is 1. The maximum atomic E-state index is 11.6. The lowest BCUT2D eigenvalue weighted by molar-refractivity contribution is 0.605. The van der Waals surface area contributed by atoms with Crippen molar-refractivity contribution in [2.45, 2.75) is 13.8 Å². The molecule has 0 spiro atoms. The third-order valence-electron chi connectivity index (χ3n) is 2.42. The van der Waals surface area contributed by atoms with E-state index in [0.717, 1.165) is 11.1 Å². The molecule has 1 aromatic carbocycles. The molecule has 0 aliphatic carbocycles. The van der Waals surface area contributed by atoms with Crippen LogP contribution >= 0.6 is 0 Å². The normalized spacial score (nSPS) is 10.7. The molecule has 0 bridgehead atoms. The maximum Gasteiger partial charge on any atom is 0.215 e. The van der Waals surface area contributed by atoms with Gasteiger partial charge in [0.15, 0.2) is 0 Å². The fraction of sp³-hybridized carbons (Fsp3) is 0.182. The number of rotatable bonds is 0. The van der Waals surface area contributed by atoms with E-state index in [9.17, 15) is 4.79 Å². The SMILES string of the molecule is Cc1cc2occ(N)c(=O)c2cc1C. The lowest BCUT2D eigenvalue weighted by Gasteiger charge is -2.02. The van der Waals surface area contributed by atoms with Crippen LogP contribution in [-0.2, 0) is 0 Å². The average Bonchev–Trinajstić information content (AvgIpc) is 2.15. The summed E-state index contributed by atoms with van der Waals surface area (Å²) >= 11 is 0. The molecule has 1 aromatic heterocycles. The first kappa shape index (κ1) is 8.81. The Hall–Kier alpha value is -1.77. The molecular weight excluding hydrogens is 178 g/mol. The molecule has 0 atom stereocenters. The quantitative estimate of drug-likeness (QED) is 0.689. The topological polar surface area (TPSA) is 56.2 Å². The van der Waals surface area contributed by atoms with Crippen LogP contribution in [0.5, 0.6) is 0 Å². The minimum absolute atomic E-state index is 0.153. The predicted octanol–water partition coefficient (Wildman–Crippen LogP) is 1.99. The molecule has 0 unspecified atom stereocenters. The van der Waals surface area contributed by atoms with Crippen LogP contribution in [0.4, 0.5) is 5.69 Å². The molecule has 2 rings (SSSR count). The summed E-state index contributed by atoms with van der Waals surface area (Å²) in [6.07, 6.45) is 1.29. The van der Waals surface area contributed by atoms with Gasteiger partial charge in [-0.25, -0.2) is 0 Å². The number of hydrogen-bond acceptors (Lipinski definition) is 3. The van der Waals surface area contributed by atoms with Gasteiger partial charge in [0.25, 0.3) is 0 Å². The van der Waals surface area contributed by atoms with E-state index in [2.05, 4.69) is 0 Å². The van der Waals surface area contributed by atoms with Gasteiger partial charge in [0.1, 0.15) is 17.5 Å². The Morgan fingerprint density at radius 3 is 2.57 bits per heavy atom. The van der Waals surface area contributed by atoms with Crippen molar-refractivity contribution in [3.05, 3.63) is 39.7 Å². The Morgan fingerprint density at radius 1 is 1.21 bits per heavy atom. The second-order valence-corrected chi connectivity index (χ2v) is 3.45. The second kappa shape index (κ2) is 2.87. The first-order chi connectivity index (χ1) is 6.59. The number of fused-ring (bicyclic) bond motifs is 1. The van der Waals surface area contributed by atoms with Crippen molar-refractivity contribution in [1.82, 2.24) is 0 Å². The molecule has 0 aliphatic rings. The fourth-order valence-electron chi connectivity index (χ4n) is 1.40. The Morgan fingerprint density at radius 2 is 1.86 bits per heavy atom. The first-order valence-electron chi connectivity index (χ1n) is 4.38. The standard InChI is InChI=1S/C11H11NO2/c1-6-3-8-10(4-7(6)2)14-5-9(12)11(8)13/h3-5H,12H2,1-2H3. The third-order valence-corrected chi connectivity index (χ3v) is 2.42. The van der Waals surface area contributed by atoms with Gasteiger partial charge < -0.3 is 10.2 Å². The van der Waals surface area contributed by atoms with E-state index in [4.69, 9.17) is 10.2 Å². The average molecular weight is 189 g/mol. The summed E-state index contributed by atoms with van der Waals surface area (Å²) in [6, 6.07) is 3.67. The van der Waals surface area contributed by atoms with E-state index in [1.54, 1.807) is 0 Å². The number of anilines is 1. The summed E-state index contributed by atoms with van der Waals surface area (Å²) in [7, 11) is 0. The zero-order valence-electron chi connectivity index (χ0n) is 8.13. The molecule has 0 fully saturated rings. The van der Waals surface area contributed by atoms with Crippen LogP contribution in [0.15, 0.2) is 27.6 Å². The van der Waals surface area contributed by atoms with Crippen LogP contribution in [0.3, 0.4) is 0 Å². The predicted molar refractivity (Wildman–Crippen MR) is 56.4 cm³/mol. The summed E-state index contributed by atoms with van der Waals surface area (Å²) in [5.41, 5.74) is 8.22. The molecule has 0 amide bonds. The molecule has 72 valence electrons. The summed E-state index contributed by atoms with van der Waals surface area (Å²) in [4.78, 5) is 11.6. The summed E-state index contributed by atoms with van der Waals surface area (Å²) in [6.45, 7) is 3.93. The van der Waals surface area contributed by atoms with Gasteiger partial charge in [0.05, 0.1) is 5.39 Å². The number of benzene rings is 1. The summed E-state index contributed by atoms with van der Waals surface area (Å²) < 4.78 is 5.23. The van der Waals surface area contributed by atoms with E-state index >= 15 is 0 Å². The highest BCUT2D eigenvalue weighted by molar-refractivity contribution is 5.80. The number of aryl methyl sites for hydroxylation is 2. The molecule has 0 radical (unpaired) electrons. The number of nitrogens with two attached hydrogens (primary N) is 1. The largest absolute Gasteiger partial charge is 0.462 e. The third kappa shape index (κ3) is 1.18. The zero-order chi connectivity index (χ0) is 10.3. The lowest BCUT2D eigenvalue weighted by Crippen LogP contribution is -2.07. The molecule has 0 saturated heterocycles. The van der Waals surface area contributed by atoms with E-state index < -0.39 is 0 Å². The fourth-order valence-corrected chi connectivity index (χ4v) is 1.40. The minimum atomic E-state index is -0.158. The van der Waals surface area contributed by atoms with E-state index in [1.807, 2.05) is 26.0 Å². The van der Waals surface area contributed by atoms with Crippen LogP contribution in [0.1, 0.15) is 11.1 Å². The molecule has 14 heavy (non-hydrogen) atoms. The van der Waals surface area contributed by atoms with Crippen LogP contribution < -0.4 is 11.2 Å². The molecule has 2 aromatic rings. The van der Waals surface area contributed by atoms with E-state index in [0.29, 0.717) is 11.0 Å². The van der Waals surface area contributed by atoms with Gasteiger partial charge in [-0.1, -0.05) is 0 Å². The smallest absolute Gasteiger partial charge is 0.215 e. The van der Waals surface area contributed by atoms with Gasteiger partial charge in [0.2, 0.25) is 5.43 Å². The van der Waals surface area contributed by atoms with E-state index in [1.165, 1.54) is 6.26 Å². The maximum absolute atomic E-state index is 11.6. The first-order valence-corrected chi connectivity index (χ1v) is 4.38. The van der Waals surface area contributed by atoms with Crippen molar-refractivity contribution in [3.8, 4) is 0 Å². The Bertz CT molecular complexity index is 555. The van der Waals surface area contributed by atoms with Crippen LogP contribution in [0, 0.1) is 13.8 Å². The molecule has 3 heteroatoms. The van der Waals surface area contributed by atoms with E-state index in [-0.39, 0.29) is 11.1 Å². The van der Waals surface area contributed by atoms with Gasteiger partial charge in [-0.3, -0.25) is 4.79 Å². The Kier molecular flexibility index (Phi) is 1.81. The highest BCUT2D eigenvalue weighted by Gasteiger charge is 2.05. The monoisotopic (exact) mass is 189 g/mol. The highest BCUT2D eigenvalue weighted by Crippen LogP contribution is 2.17. The highest BCUT2D eigenvalue weighted by atomic mass is 16.3. The van der Waals surface area contributed by atoms with Gasteiger partial charge >= 0.3 is 0 Å². The van der Waals surface area contributed by atoms with Crippen LogP contribution in [-0.4, -0.2) is 0 Å².